The molecule has 3 aromatic rings. The summed E-state index contributed by atoms with van der Waals surface area (Å²) in [6, 6.07) is 12.3. The van der Waals surface area contributed by atoms with Gasteiger partial charge in [-0.2, -0.15) is 0 Å². The van der Waals surface area contributed by atoms with Crippen molar-refractivity contribution in [3.05, 3.63) is 71.0 Å². The number of nitrogens with one attached hydrogen (secondary N) is 1. The van der Waals surface area contributed by atoms with E-state index in [0.717, 1.165) is 22.1 Å². The molecule has 1 amide bonds. The summed E-state index contributed by atoms with van der Waals surface area (Å²) in [5.41, 5.74) is 6.64. The average Bonchev–Trinajstić information content (AvgIpc) is 3.05. The van der Waals surface area contributed by atoms with Gasteiger partial charge in [-0.1, -0.05) is 41.6 Å². The predicted octanol–water partition coefficient (Wildman–Crippen LogP) is 4.84. The summed E-state index contributed by atoms with van der Waals surface area (Å²) in [7, 11) is 0. The van der Waals surface area contributed by atoms with Crippen LogP contribution in [0, 0.1) is 27.7 Å². The lowest BCUT2D eigenvalue weighted by atomic mass is 10.1. The second-order valence-corrected chi connectivity index (χ2v) is 7.40. The molecular formula is C21H23N3OS. The third-order valence-corrected chi connectivity index (χ3v) is 5.40. The number of carbonyl (C=O) groups excluding carboxylic acids is 1. The van der Waals surface area contributed by atoms with E-state index >= 15 is 0 Å². The molecule has 0 radical (unpaired) electrons. The van der Waals surface area contributed by atoms with Gasteiger partial charge in [0, 0.05) is 18.1 Å². The minimum absolute atomic E-state index is 0.0288. The van der Waals surface area contributed by atoms with E-state index in [0.29, 0.717) is 5.75 Å². The summed E-state index contributed by atoms with van der Waals surface area (Å²) < 4.78 is 2.03. The molecule has 5 heteroatoms. The van der Waals surface area contributed by atoms with Crippen molar-refractivity contribution in [1.29, 1.82) is 0 Å². The molecule has 0 fully saturated rings. The Hall–Kier alpha value is -2.53. The zero-order chi connectivity index (χ0) is 18.7. The zero-order valence-corrected chi connectivity index (χ0v) is 16.4. The number of amides is 1. The van der Waals surface area contributed by atoms with Gasteiger partial charge in [0.15, 0.2) is 5.16 Å². The van der Waals surface area contributed by atoms with Crippen LogP contribution in [0.5, 0.6) is 0 Å². The van der Waals surface area contributed by atoms with Gasteiger partial charge in [0.05, 0.1) is 11.4 Å². The Morgan fingerprint density at radius 3 is 2.69 bits per heavy atom. The number of hydrogen-bond donors (Lipinski definition) is 1. The first-order valence-electron chi connectivity index (χ1n) is 8.55. The number of thioether (sulfide) groups is 1. The molecule has 0 aliphatic carbocycles. The quantitative estimate of drug-likeness (QED) is 0.658. The molecule has 0 bridgehead atoms. The van der Waals surface area contributed by atoms with E-state index in [1.165, 1.54) is 28.5 Å². The fourth-order valence-electron chi connectivity index (χ4n) is 2.86. The fourth-order valence-corrected chi connectivity index (χ4v) is 3.62. The lowest BCUT2D eigenvalue weighted by Crippen LogP contribution is -2.15. The molecule has 1 aromatic heterocycles. The molecule has 0 saturated heterocycles. The maximum atomic E-state index is 12.4. The van der Waals surface area contributed by atoms with Crippen molar-refractivity contribution in [1.82, 2.24) is 9.55 Å². The van der Waals surface area contributed by atoms with Gasteiger partial charge in [-0.25, -0.2) is 4.98 Å². The molecule has 1 N–H and O–H groups in total. The molecule has 4 nitrogen and oxygen atoms in total. The number of anilines is 1. The monoisotopic (exact) mass is 365 g/mol. The third kappa shape index (κ3) is 3.99. The van der Waals surface area contributed by atoms with Gasteiger partial charge in [0.1, 0.15) is 0 Å². The van der Waals surface area contributed by atoms with Crippen molar-refractivity contribution in [3.63, 3.8) is 0 Å². The van der Waals surface area contributed by atoms with Crippen molar-refractivity contribution in [3.8, 4) is 5.69 Å². The van der Waals surface area contributed by atoms with Crippen LogP contribution in [0.1, 0.15) is 22.3 Å². The van der Waals surface area contributed by atoms with Gasteiger partial charge < -0.3 is 5.32 Å². The molecule has 0 aliphatic heterocycles. The van der Waals surface area contributed by atoms with Crippen LogP contribution in [-0.4, -0.2) is 21.2 Å². The number of nitrogens with zero attached hydrogens (tertiary/aromatic N) is 2. The summed E-state index contributed by atoms with van der Waals surface area (Å²) in [5, 5.41) is 3.81. The number of imidazole rings is 1. The van der Waals surface area contributed by atoms with E-state index in [-0.39, 0.29) is 5.91 Å². The average molecular weight is 366 g/mol. The van der Waals surface area contributed by atoms with Crippen molar-refractivity contribution in [2.75, 3.05) is 11.1 Å². The number of benzene rings is 2. The Morgan fingerprint density at radius 2 is 1.92 bits per heavy atom. The van der Waals surface area contributed by atoms with Crippen LogP contribution in [-0.2, 0) is 4.79 Å². The van der Waals surface area contributed by atoms with E-state index in [4.69, 9.17) is 0 Å². The summed E-state index contributed by atoms with van der Waals surface area (Å²) in [6.07, 6.45) is 3.70. The van der Waals surface area contributed by atoms with Crippen LogP contribution in [0.25, 0.3) is 5.69 Å². The Balaban J connectivity index is 1.70. The fraction of sp³-hybridized carbons (Fsp3) is 0.238. The van der Waals surface area contributed by atoms with Crippen molar-refractivity contribution in [2.45, 2.75) is 32.9 Å². The van der Waals surface area contributed by atoms with Crippen LogP contribution in [0.15, 0.2) is 53.9 Å². The van der Waals surface area contributed by atoms with E-state index in [9.17, 15) is 4.79 Å². The number of aromatic nitrogens is 2. The molecule has 3 rings (SSSR count). The molecule has 0 saturated carbocycles. The van der Waals surface area contributed by atoms with E-state index < -0.39 is 0 Å². The van der Waals surface area contributed by atoms with Crippen molar-refractivity contribution < 1.29 is 4.79 Å². The Labute approximate surface area is 158 Å². The van der Waals surface area contributed by atoms with Gasteiger partial charge in [0.2, 0.25) is 5.91 Å². The number of aryl methyl sites for hydroxylation is 3. The molecule has 0 spiro atoms. The van der Waals surface area contributed by atoms with Gasteiger partial charge >= 0.3 is 0 Å². The van der Waals surface area contributed by atoms with Crippen molar-refractivity contribution in [2.24, 2.45) is 0 Å². The maximum absolute atomic E-state index is 12.4. The normalized spacial score (nSPS) is 10.8. The van der Waals surface area contributed by atoms with E-state index in [1.54, 1.807) is 6.20 Å². The van der Waals surface area contributed by atoms with Crippen LogP contribution in [0.2, 0.25) is 0 Å². The first kappa shape index (κ1) is 18.3. The van der Waals surface area contributed by atoms with Gasteiger partial charge in [0.25, 0.3) is 0 Å². The predicted molar refractivity (Wildman–Crippen MR) is 108 cm³/mol. The Morgan fingerprint density at radius 1 is 1.12 bits per heavy atom. The molecule has 0 unspecified atom stereocenters. The Kier molecular flexibility index (Phi) is 5.47. The highest BCUT2D eigenvalue weighted by Crippen LogP contribution is 2.24. The first-order chi connectivity index (χ1) is 12.5. The zero-order valence-electron chi connectivity index (χ0n) is 15.5. The highest BCUT2D eigenvalue weighted by atomic mass is 32.2. The lowest BCUT2D eigenvalue weighted by molar-refractivity contribution is -0.113. The molecular weight excluding hydrogens is 342 g/mol. The smallest absolute Gasteiger partial charge is 0.234 e. The molecule has 0 aliphatic rings. The lowest BCUT2D eigenvalue weighted by Gasteiger charge is -2.12. The standard InChI is InChI=1S/C21H23N3OS/c1-14-8-9-19(16(3)12-14)24-11-10-22-21(24)26-13-20(25)23-18-7-5-6-15(2)17(18)4/h5-12H,13H2,1-4H3,(H,23,25). The highest BCUT2D eigenvalue weighted by molar-refractivity contribution is 7.99. The number of hydrogen-bond acceptors (Lipinski definition) is 3. The SMILES string of the molecule is Cc1ccc(-n2ccnc2SCC(=O)Nc2cccc(C)c2C)c(C)c1. The molecule has 134 valence electrons. The molecule has 2 aromatic carbocycles. The topological polar surface area (TPSA) is 46.9 Å². The van der Waals surface area contributed by atoms with E-state index in [2.05, 4.69) is 42.3 Å². The number of rotatable bonds is 5. The molecule has 1 heterocycles. The summed E-state index contributed by atoms with van der Waals surface area (Å²) >= 11 is 1.44. The van der Waals surface area contributed by atoms with Crippen LogP contribution in [0.3, 0.4) is 0 Å². The van der Waals surface area contributed by atoms with E-state index in [1.807, 2.05) is 42.8 Å². The van der Waals surface area contributed by atoms with Crippen LogP contribution in [0.4, 0.5) is 5.69 Å². The van der Waals surface area contributed by atoms with Crippen LogP contribution >= 0.6 is 11.8 Å². The van der Waals surface area contributed by atoms with Crippen LogP contribution < -0.4 is 5.32 Å². The minimum atomic E-state index is -0.0288. The third-order valence-electron chi connectivity index (χ3n) is 4.43. The largest absolute Gasteiger partial charge is 0.325 e. The highest BCUT2D eigenvalue weighted by Gasteiger charge is 2.12. The maximum Gasteiger partial charge on any atom is 0.234 e. The van der Waals surface area contributed by atoms with Gasteiger partial charge in [-0.3, -0.25) is 9.36 Å². The second kappa shape index (κ2) is 7.79. The molecule has 0 atom stereocenters. The van der Waals surface area contributed by atoms with Gasteiger partial charge in [-0.15, -0.1) is 0 Å². The number of carbonyl (C=O) groups is 1. The summed E-state index contributed by atoms with van der Waals surface area (Å²) in [4.78, 5) is 16.8. The first-order valence-corrected chi connectivity index (χ1v) is 9.54. The Bertz CT molecular complexity index is 946. The summed E-state index contributed by atoms with van der Waals surface area (Å²) in [6.45, 7) is 8.23. The molecule has 26 heavy (non-hydrogen) atoms. The second-order valence-electron chi connectivity index (χ2n) is 6.45. The minimum Gasteiger partial charge on any atom is -0.325 e. The summed E-state index contributed by atoms with van der Waals surface area (Å²) in [5.74, 6) is 0.286. The van der Waals surface area contributed by atoms with Crippen molar-refractivity contribution >= 4 is 23.4 Å². The van der Waals surface area contributed by atoms with Gasteiger partial charge in [-0.05, 0) is 56.5 Å².